The molecule has 1 aromatic rings. The molecule has 0 aliphatic carbocycles. The molecule has 1 rings (SSSR count). The van der Waals surface area contributed by atoms with Crippen molar-refractivity contribution in [3.05, 3.63) is 35.1 Å². The van der Waals surface area contributed by atoms with Crippen LogP contribution in [0.15, 0.2) is 18.2 Å². The molecule has 0 fully saturated rings. The lowest BCUT2D eigenvalue weighted by atomic mass is 10.1. The summed E-state index contributed by atoms with van der Waals surface area (Å²) in [5, 5.41) is 8.18. The minimum absolute atomic E-state index is 0.0366. The van der Waals surface area contributed by atoms with Crippen molar-refractivity contribution in [2.75, 3.05) is 0 Å². The van der Waals surface area contributed by atoms with E-state index in [-0.39, 0.29) is 5.56 Å². The van der Waals surface area contributed by atoms with Gasteiger partial charge in [-0.15, -0.1) is 0 Å². The summed E-state index contributed by atoms with van der Waals surface area (Å²) >= 11 is 0. The largest absolute Gasteiger partial charge is 0.477 e. The lowest BCUT2D eigenvalue weighted by Gasteiger charge is -2.11. The third-order valence-electron chi connectivity index (χ3n) is 1.98. The summed E-state index contributed by atoms with van der Waals surface area (Å²) in [6.45, 7) is 1.49. The summed E-state index contributed by atoms with van der Waals surface area (Å²) in [4.78, 5) is 10.1. The first kappa shape index (κ1) is 11.6. The molecule has 0 aliphatic heterocycles. The lowest BCUT2D eigenvalue weighted by molar-refractivity contribution is -0.164. The fraction of sp³-hybridized carbons (Fsp3) is 0.300. The van der Waals surface area contributed by atoms with Gasteiger partial charge in [0.15, 0.2) is 0 Å². The predicted octanol–water partition coefficient (Wildman–Crippen LogP) is 2.40. The van der Waals surface area contributed by atoms with Gasteiger partial charge < -0.3 is 5.11 Å². The summed E-state index contributed by atoms with van der Waals surface area (Å²) in [6, 6.07) is 3.55. The van der Waals surface area contributed by atoms with Crippen LogP contribution in [0.25, 0.3) is 0 Å². The molecule has 0 radical (unpaired) electrons. The van der Waals surface area contributed by atoms with E-state index in [9.17, 15) is 18.0 Å². The molecule has 82 valence electrons. The van der Waals surface area contributed by atoms with Gasteiger partial charge in [0.1, 0.15) is 5.82 Å². The molecule has 15 heavy (non-hydrogen) atoms. The maximum atomic E-state index is 13.0. The van der Waals surface area contributed by atoms with E-state index in [1.807, 2.05) is 0 Å². The fourth-order valence-corrected chi connectivity index (χ4v) is 1.08. The summed E-state index contributed by atoms with van der Waals surface area (Å²) in [5.41, 5.74) is 0.294. The zero-order valence-corrected chi connectivity index (χ0v) is 7.93. The van der Waals surface area contributed by atoms with E-state index < -0.39 is 24.1 Å². The zero-order valence-electron chi connectivity index (χ0n) is 7.93. The monoisotopic (exact) mass is 218 g/mol. The molecule has 5 heteroatoms. The van der Waals surface area contributed by atoms with E-state index in [0.29, 0.717) is 5.56 Å². The number of benzene rings is 1. The first-order valence-corrected chi connectivity index (χ1v) is 4.19. The molecule has 0 saturated heterocycles. The smallest absolute Gasteiger partial charge is 0.374 e. The van der Waals surface area contributed by atoms with Crippen LogP contribution in [0, 0.1) is 12.7 Å². The van der Waals surface area contributed by atoms with Gasteiger partial charge in [0.05, 0.1) is 0 Å². The Hall–Kier alpha value is -1.52. The second-order valence-corrected chi connectivity index (χ2v) is 3.27. The minimum Gasteiger partial charge on any atom is -0.477 e. The molecular formula is C10H9F3O2. The predicted molar refractivity (Wildman–Crippen MR) is 47.4 cm³/mol. The maximum absolute atomic E-state index is 13.0. The highest BCUT2D eigenvalue weighted by Crippen LogP contribution is 2.21. The Morgan fingerprint density at radius 1 is 1.47 bits per heavy atom. The van der Waals surface area contributed by atoms with Crippen molar-refractivity contribution in [3.63, 3.8) is 0 Å². The minimum atomic E-state index is -3.86. The highest BCUT2D eigenvalue weighted by Gasteiger charge is 2.38. The number of rotatable bonds is 3. The summed E-state index contributed by atoms with van der Waals surface area (Å²) in [6.07, 6.45) is -1.00. The molecular weight excluding hydrogens is 209 g/mol. The molecule has 0 spiro atoms. The Morgan fingerprint density at radius 2 is 2.07 bits per heavy atom. The Bertz CT molecular complexity index is 388. The van der Waals surface area contributed by atoms with Crippen LogP contribution in [0.2, 0.25) is 0 Å². The van der Waals surface area contributed by atoms with Crippen molar-refractivity contribution in [1.82, 2.24) is 0 Å². The van der Waals surface area contributed by atoms with Crippen molar-refractivity contribution in [3.8, 4) is 0 Å². The number of halogens is 3. The molecule has 0 aromatic heterocycles. The van der Waals surface area contributed by atoms with Gasteiger partial charge in [-0.1, -0.05) is 12.1 Å². The number of hydrogen-bond donors (Lipinski definition) is 1. The van der Waals surface area contributed by atoms with E-state index in [2.05, 4.69) is 0 Å². The molecule has 0 aliphatic rings. The summed E-state index contributed by atoms with van der Waals surface area (Å²) in [5.74, 6) is -6.68. The number of aryl methyl sites for hydroxylation is 1. The number of aliphatic carboxylic acids is 1. The van der Waals surface area contributed by atoms with Gasteiger partial charge in [-0.05, 0) is 24.1 Å². The molecule has 1 aromatic carbocycles. The van der Waals surface area contributed by atoms with Gasteiger partial charge >= 0.3 is 11.9 Å². The van der Waals surface area contributed by atoms with Crippen LogP contribution in [0.4, 0.5) is 13.2 Å². The Balaban J connectivity index is 2.91. The number of alkyl halides is 2. The van der Waals surface area contributed by atoms with Gasteiger partial charge in [-0.3, -0.25) is 0 Å². The number of carboxylic acids is 1. The van der Waals surface area contributed by atoms with Crippen LogP contribution < -0.4 is 0 Å². The summed E-state index contributed by atoms with van der Waals surface area (Å²) in [7, 11) is 0. The second-order valence-electron chi connectivity index (χ2n) is 3.27. The highest BCUT2D eigenvalue weighted by atomic mass is 19.3. The quantitative estimate of drug-likeness (QED) is 0.845. The Kier molecular flexibility index (Phi) is 3.02. The van der Waals surface area contributed by atoms with Crippen LogP contribution >= 0.6 is 0 Å². The number of carboxylic acid groups (broad SMARTS) is 1. The van der Waals surface area contributed by atoms with Crippen LogP contribution in [-0.2, 0) is 11.2 Å². The molecule has 0 unspecified atom stereocenters. The lowest BCUT2D eigenvalue weighted by Crippen LogP contribution is -2.30. The number of carbonyl (C=O) groups is 1. The first-order valence-electron chi connectivity index (χ1n) is 4.19. The topological polar surface area (TPSA) is 37.3 Å². The second kappa shape index (κ2) is 3.92. The first-order chi connectivity index (χ1) is 6.83. The van der Waals surface area contributed by atoms with E-state index in [0.717, 1.165) is 6.07 Å². The molecule has 0 amide bonds. The molecule has 0 bridgehead atoms. The fourth-order valence-electron chi connectivity index (χ4n) is 1.08. The van der Waals surface area contributed by atoms with Gasteiger partial charge in [0.25, 0.3) is 0 Å². The van der Waals surface area contributed by atoms with Crippen molar-refractivity contribution < 1.29 is 23.1 Å². The highest BCUT2D eigenvalue weighted by molar-refractivity contribution is 5.75. The van der Waals surface area contributed by atoms with Crippen LogP contribution in [-0.4, -0.2) is 17.0 Å². The van der Waals surface area contributed by atoms with Crippen molar-refractivity contribution in [1.29, 1.82) is 0 Å². The van der Waals surface area contributed by atoms with Gasteiger partial charge in [-0.2, -0.15) is 8.78 Å². The Morgan fingerprint density at radius 3 is 2.53 bits per heavy atom. The molecule has 0 saturated carbocycles. The van der Waals surface area contributed by atoms with Gasteiger partial charge in [0, 0.05) is 6.42 Å². The Labute approximate surface area is 84.3 Å². The molecule has 0 atom stereocenters. The zero-order chi connectivity index (χ0) is 11.6. The molecule has 2 nitrogen and oxygen atoms in total. The average Bonchev–Trinajstić information content (AvgIpc) is 2.10. The third kappa shape index (κ3) is 2.71. The van der Waals surface area contributed by atoms with Crippen molar-refractivity contribution in [2.45, 2.75) is 19.3 Å². The average molecular weight is 218 g/mol. The standard InChI is InChI=1S/C10H9F3O2/c1-6-2-3-7(4-8(6)11)5-10(12,13)9(14)15/h2-4H,5H2,1H3,(H,14,15). The van der Waals surface area contributed by atoms with Gasteiger partial charge in [-0.25, -0.2) is 9.18 Å². The molecule has 1 N–H and O–H groups in total. The van der Waals surface area contributed by atoms with Gasteiger partial charge in [0.2, 0.25) is 0 Å². The third-order valence-corrected chi connectivity index (χ3v) is 1.98. The van der Waals surface area contributed by atoms with E-state index >= 15 is 0 Å². The normalized spacial score (nSPS) is 11.5. The van der Waals surface area contributed by atoms with Crippen molar-refractivity contribution in [2.24, 2.45) is 0 Å². The number of hydrogen-bond acceptors (Lipinski definition) is 1. The SMILES string of the molecule is Cc1ccc(CC(F)(F)C(=O)O)cc1F. The van der Waals surface area contributed by atoms with Crippen LogP contribution in [0.1, 0.15) is 11.1 Å². The van der Waals surface area contributed by atoms with E-state index in [1.165, 1.54) is 19.1 Å². The maximum Gasteiger partial charge on any atom is 0.374 e. The summed E-state index contributed by atoms with van der Waals surface area (Å²) < 4.78 is 38.4. The van der Waals surface area contributed by atoms with Crippen LogP contribution in [0.5, 0.6) is 0 Å². The van der Waals surface area contributed by atoms with E-state index in [1.54, 1.807) is 0 Å². The molecule has 0 heterocycles. The van der Waals surface area contributed by atoms with E-state index in [4.69, 9.17) is 5.11 Å². The van der Waals surface area contributed by atoms with Crippen molar-refractivity contribution >= 4 is 5.97 Å². The van der Waals surface area contributed by atoms with Crippen LogP contribution in [0.3, 0.4) is 0 Å².